The summed E-state index contributed by atoms with van der Waals surface area (Å²) in [4.78, 5) is 16.8. The lowest BCUT2D eigenvalue weighted by atomic mass is 10.1. The van der Waals surface area contributed by atoms with Gasteiger partial charge in [-0.1, -0.05) is 39.7 Å². The summed E-state index contributed by atoms with van der Waals surface area (Å²) in [6.45, 7) is 1.47. The zero-order chi connectivity index (χ0) is 15.0. The van der Waals surface area contributed by atoms with E-state index < -0.39 is 0 Å². The summed E-state index contributed by atoms with van der Waals surface area (Å²) in [5.74, 6) is -0.0289. The van der Waals surface area contributed by atoms with Crippen molar-refractivity contribution in [3.8, 4) is 0 Å². The first kappa shape index (κ1) is 14.4. The lowest BCUT2D eigenvalue weighted by Gasteiger charge is -2.35. The molecule has 5 heteroatoms. The van der Waals surface area contributed by atoms with Crippen LogP contribution >= 0.6 is 27.5 Å². The number of likely N-dealkylation sites (N-methyl/N-ethyl adjacent to an activating group) is 1. The number of halogens is 2. The smallest absolute Gasteiger partial charge is 0.258 e. The second-order valence-electron chi connectivity index (χ2n) is 5.03. The van der Waals surface area contributed by atoms with Gasteiger partial charge in [0.15, 0.2) is 0 Å². The molecule has 1 aliphatic heterocycles. The van der Waals surface area contributed by atoms with E-state index in [2.05, 4.69) is 20.8 Å². The van der Waals surface area contributed by atoms with Gasteiger partial charge in [-0.15, -0.1) is 0 Å². The molecule has 0 aliphatic carbocycles. The first-order valence-corrected chi connectivity index (χ1v) is 7.81. The molecule has 0 radical (unpaired) electrons. The molecule has 3 nitrogen and oxygen atoms in total. The molecule has 2 aromatic carbocycles. The predicted octanol–water partition coefficient (Wildman–Crippen LogP) is 4.20. The largest absolute Gasteiger partial charge is 0.371 e. The number of carbonyl (C=O) groups is 1. The summed E-state index contributed by atoms with van der Waals surface area (Å²) >= 11 is 9.43. The third-order valence-corrected chi connectivity index (χ3v) is 4.27. The third kappa shape index (κ3) is 2.78. The molecule has 3 rings (SSSR count). The van der Waals surface area contributed by atoms with E-state index in [-0.39, 0.29) is 5.91 Å². The van der Waals surface area contributed by atoms with Gasteiger partial charge in [0, 0.05) is 35.2 Å². The topological polar surface area (TPSA) is 23.6 Å². The highest BCUT2D eigenvalue weighted by molar-refractivity contribution is 9.10. The van der Waals surface area contributed by atoms with Crippen molar-refractivity contribution in [3.63, 3.8) is 0 Å². The molecular weight excluding hydrogens is 352 g/mol. The van der Waals surface area contributed by atoms with Crippen molar-refractivity contribution in [2.75, 3.05) is 29.9 Å². The maximum atomic E-state index is 12.8. The fourth-order valence-corrected chi connectivity index (χ4v) is 3.41. The van der Waals surface area contributed by atoms with Gasteiger partial charge in [0.25, 0.3) is 5.91 Å². The summed E-state index contributed by atoms with van der Waals surface area (Å²) in [6, 6.07) is 13.2. The van der Waals surface area contributed by atoms with Gasteiger partial charge < -0.3 is 9.80 Å². The van der Waals surface area contributed by atoms with Crippen LogP contribution in [-0.4, -0.2) is 26.0 Å². The van der Waals surface area contributed by atoms with Crippen molar-refractivity contribution in [3.05, 3.63) is 57.5 Å². The molecule has 1 heterocycles. The quantitative estimate of drug-likeness (QED) is 0.756. The number of hydrogen-bond acceptors (Lipinski definition) is 2. The van der Waals surface area contributed by atoms with Gasteiger partial charge in [0.1, 0.15) is 0 Å². The maximum absolute atomic E-state index is 12.8. The second kappa shape index (κ2) is 5.70. The molecular formula is C16H14BrClN2O. The monoisotopic (exact) mass is 364 g/mol. The Balaban J connectivity index is 2.01. The van der Waals surface area contributed by atoms with Gasteiger partial charge in [-0.05, 0) is 30.3 Å². The van der Waals surface area contributed by atoms with Crippen LogP contribution in [-0.2, 0) is 0 Å². The van der Waals surface area contributed by atoms with Gasteiger partial charge in [-0.25, -0.2) is 0 Å². The van der Waals surface area contributed by atoms with E-state index in [1.807, 2.05) is 36.2 Å². The van der Waals surface area contributed by atoms with E-state index >= 15 is 0 Å². The van der Waals surface area contributed by atoms with Crippen LogP contribution < -0.4 is 9.80 Å². The van der Waals surface area contributed by atoms with Crippen LogP contribution in [0.25, 0.3) is 0 Å². The van der Waals surface area contributed by atoms with E-state index in [4.69, 9.17) is 11.6 Å². The Labute approximate surface area is 137 Å². The van der Waals surface area contributed by atoms with E-state index in [0.29, 0.717) is 17.1 Å². The average molecular weight is 366 g/mol. The zero-order valence-corrected chi connectivity index (χ0v) is 13.9. The summed E-state index contributed by atoms with van der Waals surface area (Å²) in [5.41, 5.74) is 2.60. The molecule has 0 spiro atoms. The lowest BCUT2D eigenvalue weighted by Crippen LogP contribution is -2.42. The molecule has 0 aromatic heterocycles. The standard InChI is InChI=1S/C16H14BrClN2O/c1-19-6-7-20(15-5-3-2-4-14(15)19)16(21)11-8-12(17)10-13(18)9-11/h2-5,8-10H,6-7H2,1H3. The minimum atomic E-state index is -0.0289. The first-order valence-electron chi connectivity index (χ1n) is 6.64. The Hall–Kier alpha value is -1.52. The summed E-state index contributed by atoms with van der Waals surface area (Å²) in [7, 11) is 2.04. The number of rotatable bonds is 1. The van der Waals surface area contributed by atoms with Gasteiger partial charge in [-0.3, -0.25) is 4.79 Å². The Morgan fingerprint density at radius 1 is 1.14 bits per heavy atom. The molecule has 0 unspecified atom stereocenters. The summed E-state index contributed by atoms with van der Waals surface area (Å²) < 4.78 is 0.806. The van der Waals surface area contributed by atoms with Gasteiger partial charge in [0.05, 0.1) is 11.4 Å². The molecule has 21 heavy (non-hydrogen) atoms. The van der Waals surface area contributed by atoms with Gasteiger partial charge in [-0.2, -0.15) is 0 Å². The Morgan fingerprint density at radius 2 is 1.86 bits per heavy atom. The molecule has 0 atom stereocenters. The molecule has 1 amide bonds. The van der Waals surface area contributed by atoms with Crippen molar-refractivity contribution >= 4 is 44.8 Å². The molecule has 0 saturated carbocycles. The Kier molecular flexibility index (Phi) is 3.91. The number of nitrogens with zero attached hydrogens (tertiary/aromatic N) is 2. The third-order valence-electron chi connectivity index (χ3n) is 3.60. The van der Waals surface area contributed by atoms with Crippen LogP contribution in [0.5, 0.6) is 0 Å². The Morgan fingerprint density at radius 3 is 2.57 bits per heavy atom. The maximum Gasteiger partial charge on any atom is 0.258 e. The predicted molar refractivity (Wildman–Crippen MR) is 90.5 cm³/mol. The lowest BCUT2D eigenvalue weighted by molar-refractivity contribution is 0.0986. The fraction of sp³-hybridized carbons (Fsp3) is 0.188. The normalized spacial score (nSPS) is 14.0. The van der Waals surface area contributed by atoms with E-state index in [1.165, 1.54) is 0 Å². The van der Waals surface area contributed by atoms with E-state index in [9.17, 15) is 4.79 Å². The van der Waals surface area contributed by atoms with Gasteiger partial charge in [0.2, 0.25) is 0 Å². The van der Waals surface area contributed by atoms with Gasteiger partial charge >= 0.3 is 0 Å². The summed E-state index contributed by atoms with van der Waals surface area (Å²) in [6.07, 6.45) is 0. The number of benzene rings is 2. The molecule has 0 saturated heterocycles. The van der Waals surface area contributed by atoms with Crippen LogP contribution in [0.3, 0.4) is 0 Å². The van der Waals surface area contributed by atoms with Crippen LogP contribution in [0.15, 0.2) is 46.9 Å². The Bertz CT molecular complexity index is 684. The molecule has 1 aliphatic rings. The number of para-hydroxylation sites is 2. The van der Waals surface area contributed by atoms with Crippen molar-refractivity contribution in [2.45, 2.75) is 0 Å². The fourth-order valence-electron chi connectivity index (χ4n) is 2.55. The number of anilines is 2. The number of hydrogen-bond donors (Lipinski definition) is 0. The number of carbonyl (C=O) groups excluding carboxylic acids is 1. The summed E-state index contributed by atoms with van der Waals surface area (Å²) in [5, 5.41) is 0.551. The number of amides is 1. The molecule has 0 N–H and O–H groups in total. The highest BCUT2D eigenvalue weighted by Crippen LogP contribution is 2.33. The zero-order valence-electron chi connectivity index (χ0n) is 11.5. The van der Waals surface area contributed by atoms with Crippen LogP contribution in [0.4, 0.5) is 11.4 Å². The average Bonchev–Trinajstić information content (AvgIpc) is 2.46. The highest BCUT2D eigenvalue weighted by atomic mass is 79.9. The van der Waals surface area contributed by atoms with Crippen LogP contribution in [0.2, 0.25) is 5.02 Å². The van der Waals surface area contributed by atoms with Crippen molar-refractivity contribution in [2.24, 2.45) is 0 Å². The SMILES string of the molecule is CN1CCN(C(=O)c2cc(Cl)cc(Br)c2)c2ccccc21. The van der Waals surface area contributed by atoms with E-state index in [0.717, 1.165) is 22.4 Å². The van der Waals surface area contributed by atoms with Crippen LogP contribution in [0, 0.1) is 0 Å². The molecule has 108 valence electrons. The van der Waals surface area contributed by atoms with Crippen molar-refractivity contribution < 1.29 is 4.79 Å². The first-order chi connectivity index (χ1) is 10.1. The minimum absolute atomic E-state index is 0.0289. The van der Waals surface area contributed by atoms with Crippen molar-refractivity contribution in [1.82, 2.24) is 0 Å². The van der Waals surface area contributed by atoms with E-state index in [1.54, 1.807) is 18.2 Å². The van der Waals surface area contributed by atoms with Crippen LogP contribution in [0.1, 0.15) is 10.4 Å². The van der Waals surface area contributed by atoms with Crippen molar-refractivity contribution in [1.29, 1.82) is 0 Å². The molecule has 0 bridgehead atoms. The minimum Gasteiger partial charge on any atom is -0.371 e. The molecule has 0 fully saturated rings. The highest BCUT2D eigenvalue weighted by Gasteiger charge is 2.25. The molecule has 2 aromatic rings. The number of fused-ring (bicyclic) bond motifs is 1. The second-order valence-corrected chi connectivity index (χ2v) is 6.38.